The minimum Gasteiger partial charge on any atom is -0.297 e. The molecule has 0 saturated carbocycles. The molecular formula is C22H15F3N2OS2. The number of carbonyl (C=O) groups excluding carboxylic acids is 1. The summed E-state index contributed by atoms with van der Waals surface area (Å²) in [5.74, 6) is -0.238. The lowest BCUT2D eigenvalue weighted by molar-refractivity contribution is -0.137. The van der Waals surface area contributed by atoms with Crippen LogP contribution in [0.4, 0.5) is 18.3 Å². The summed E-state index contributed by atoms with van der Waals surface area (Å²) in [6, 6.07) is 18.5. The number of halogens is 3. The zero-order valence-corrected chi connectivity index (χ0v) is 17.1. The van der Waals surface area contributed by atoms with Crippen LogP contribution in [0.3, 0.4) is 0 Å². The SMILES string of the molecule is O=C(Nc1ncc(Cc2ccc(C(F)(F)F)cc2)s1)c1ccc(-c2ccccc2)s1. The quantitative estimate of drug-likeness (QED) is 0.371. The van der Waals surface area contributed by atoms with Crippen LogP contribution < -0.4 is 5.32 Å². The van der Waals surface area contributed by atoms with Gasteiger partial charge in [-0.15, -0.1) is 22.7 Å². The molecule has 2 aromatic carbocycles. The van der Waals surface area contributed by atoms with Gasteiger partial charge in [0.25, 0.3) is 5.91 Å². The number of carbonyl (C=O) groups is 1. The van der Waals surface area contributed by atoms with E-state index in [9.17, 15) is 18.0 Å². The van der Waals surface area contributed by atoms with Crippen molar-refractivity contribution in [3.05, 3.63) is 93.8 Å². The van der Waals surface area contributed by atoms with E-state index < -0.39 is 11.7 Å². The lowest BCUT2D eigenvalue weighted by Gasteiger charge is -2.06. The number of nitrogens with zero attached hydrogens (tertiary/aromatic N) is 1. The van der Waals surface area contributed by atoms with Crippen LogP contribution in [-0.2, 0) is 12.6 Å². The highest BCUT2D eigenvalue weighted by Crippen LogP contribution is 2.31. The smallest absolute Gasteiger partial charge is 0.297 e. The van der Waals surface area contributed by atoms with E-state index in [1.54, 1.807) is 12.3 Å². The van der Waals surface area contributed by atoms with Crippen molar-refractivity contribution in [3.8, 4) is 10.4 Å². The van der Waals surface area contributed by atoms with Crippen LogP contribution >= 0.6 is 22.7 Å². The van der Waals surface area contributed by atoms with Gasteiger partial charge < -0.3 is 0 Å². The van der Waals surface area contributed by atoms with Crippen molar-refractivity contribution in [3.63, 3.8) is 0 Å². The third-order valence-electron chi connectivity index (χ3n) is 4.32. The number of benzene rings is 2. The number of aromatic nitrogens is 1. The first-order valence-electron chi connectivity index (χ1n) is 8.96. The van der Waals surface area contributed by atoms with Crippen LogP contribution in [0.1, 0.15) is 25.7 Å². The summed E-state index contributed by atoms with van der Waals surface area (Å²) < 4.78 is 38.0. The summed E-state index contributed by atoms with van der Waals surface area (Å²) in [5.41, 5.74) is 1.12. The summed E-state index contributed by atoms with van der Waals surface area (Å²) in [6.07, 6.45) is -2.27. The number of amides is 1. The number of thiophene rings is 1. The first-order chi connectivity index (χ1) is 14.4. The monoisotopic (exact) mass is 444 g/mol. The molecule has 0 aliphatic rings. The maximum atomic E-state index is 12.7. The summed E-state index contributed by atoms with van der Waals surface area (Å²) in [6.45, 7) is 0. The van der Waals surface area contributed by atoms with Crippen LogP contribution in [0.5, 0.6) is 0 Å². The van der Waals surface area contributed by atoms with Crippen molar-refractivity contribution in [1.29, 1.82) is 0 Å². The third kappa shape index (κ3) is 4.77. The number of thiazole rings is 1. The second-order valence-electron chi connectivity index (χ2n) is 6.49. The van der Waals surface area contributed by atoms with Gasteiger partial charge in [-0.3, -0.25) is 10.1 Å². The second-order valence-corrected chi connectivity index (χ2v) is 8.69. The molecule has 8 heteroatoms. The largest absolute Gasteiger partial charge is 0.416 e. The molecule has 0 fully saturated rings. The van der Waals surface area contributed by atoms with E-state index in [4.69, 9.17) is 0 Å². The van der Waals surface area contributed by atoms with Gasteiger partial charge in [0.1, 0.15) is 0 Å². The Bertz CT molecular complexity index is 1150. The number of nitrogens with one attached hydrogen (secondary N) is 1. The fraction of sp³-hybridized carbons (Fsp3) is 0.0909. The van der Waals surface area contributed by atoms with Gasteiger partial charge in [-0.1, -0.05) is 42.5 Å². The Morgan fingerprint density at radius 3 is 2.37 bits per heavy atom. The molecule has 4 aromatic rings. The Morgan fingerprint density at radius 1 is 0.933 bits per heavy atom. The van der Waals surface area contributed by atoms with E-state index in [-0.39, 0.29) is 5.91 Å². The zero-order chi connectivity index (χ0) is 21.1. The molecule has 30 heavy (non-hydrogen) atoms. The van der Waals surface area contributed by atoms with Crippen molar-refractivity contribution in [2.24, 2.45) is 0 Å². The van der Waals surface area contributed by atoms with Crippen LogP contribution in [0.25, 0.3) is 10.4 Å². The molecule has 2 heterocycles. The highest BCUT2D eigenvalue weighted by atomic mass is 32.1. The zero-order valence-electron chi connectivity index (χ0n) is 15.4. The van der Waals surface area contributed by atoms with Gasteiger partial charge in [0.15, 0.2) is 5.13 Å². The molecule has 2 aromatic heterocycles. The molecule has 0 spiro atoms. The Kier molecular flexibility index (Phi) is 5.69. The van der Waals surface area contributed by atoms with Crippen molar-refractivity contribution in [1.82, 2.24) is 4.98 Å². The predicted molar refractivity (Wildman–Crippen MR) is 114 cm³/mol. The minimum absolute atomic E-state index is 0.238. The Hall–Kier alpha value is -2.97. The average Bonchev–Trinajstić information content (AvgIpc) is 3.38. The molecular weight excluding hydrogens is 429 g/mol. The molecule has 0 atom stereocenters. The maximum absolute atomic E-state index is 12.7. The van der Waals surface area contributed by atoms with Gasteiger partial charge >= 0.3 is 6.18 Å². The van der Waals surface area contributed by atoms with E-state index in [2.05, 4.69) is 10.3 Å². The molecule has 3 nitrogen and oxygen atoms in total. The summed E-state index contributed by atoms with van der Waals surface area (Å²) in [5, 5.41) is 3.24. The fourth-order valence-electron chi connectivity index (χ4n) is 2.84. The van der Waals surface area contributed by atoms with Crippen molar-refractivity contribution in [2.75, 3.05) is 5.32 Å². The average molecular weight is 445 g/mol. The molecule has 1 amide bonds. The Balaban J connectivity index is 1.40. The van der Waals surface area contributed by atoms with Gasteiger partial charge in [0, 0.05) is 22.4 Å². The lowest BCUT2D eigenvalue weighted by atomic mass is 10.1. The lowest BCUT2D eigenvalue weighted by Crippen LogP contribution is -2.09. The topological polar surface area (TPSA) is 42.0 Å². The maximum Gasteiger partial charge on any atom is 0.416 e. The van der Waals surface area contributed by atoms with E-state index >= 15 is 0 Å². The number of anilines is 1. The van der Waals surface area contributed by atoms with Crippen molar-refractivity contribution >= 4 is 33.7 Å². The number of rotatable bonds is 5. The molecule has 0 bridgehead atoms. The van der Waals surface area contributed by atoms with Crippen LogP contribution in [-0.4, -0.2) is 10.9 Å². The van der Waals surface area contributed by atoms with Crippen LogP contribution in [0, 0.1) is 0 Å². The van der Waals surface area contributed by atoms with Gasteiger partial charge in [-0.05, 0) is 35.4 Å². The van der Waals surface area contributed by atoms with Crippen molar-refractivity contribution < 1.29 is 18.0 Å². The number of hydrogen-bond acceptors (Lipinski definition) is 4. The first-order valence-corrected chi connectivity index (χ1v) is 10.6. The summed E-state index contributed by atoms with van der Waals surface area (Å²) in [4.78, 5) is 19.2. The van der Waals surface area contributed by atoms with E-state index in [0.717, 1.165) is 33.0 Å². The molecule has 0 aliphatic heterocycles. The van der Waals surface area contributed by atoms with E-state index in [1.807, 2.05) is 36.4 Å². The summed E-state index contributed by atoms with van der Waals surface area (Å²) in [7, 11) is 0. The molecule has 0 unspecified atom stereocenters. The van der Waals surface area contributed by atoms with E-state index in [1.165, 1.54) is 34.8 Å². The van der Waals surface area contributed by atoms with Gasteiger partial charge in [0.05, 0.1) is 10.4 Å². The van der Waals surface area contributed by atoms with Gasteiger partial charge in [0.2, 0.25) is 0 Å². The fourth-order valence-corrected chi connectivity index (χ4v) is 4.58. The van der Waals surface area contributed by atoms with Crippen LogP contribution in [0.2, 0.25) is 0 Å². The molecule has 4 rings (SSSR count). The predicted octanol–water partition coefficient (Wildman–Crippen LogP) is 6.73. The molecule has 152 valence electrons. The summed E-state index contributed by atoms with van der Waals surface area (Å²) >= 11 is 2.70. The number of alkyl halides is 3. The van der Waals surface area contributed by atoms with Gasteiger partial charge in [-0.2, -0.15) is 13.2 Å². The number of hydrogen-bond donors (Lipinski definition) is 1. The second kappa shape index (κ2) is 8.41. The molecule has 0 saturated heterocycles. The minimum atomic E-state index is -4.34. The molecule has 0 aliphatic carbocycles. The van der Waals surface area contributed by atoms with E-state index in [0.29, 0.717) is 16.4 Å². The van der Waals surface area contributed by atoms with Crippen LogP contribution in [0.15, 0.2) is 72.9 Å². The normalized spacial score (nSPS) is 11.4. The molecule has 0 radical (unpaired) electrons. The Morgan fingerprint density at radius 2 is 1.67 bits per heavy atom. The van der Waals surface area contributed by atoms with Crippen molar-refractivity contribution in [2.45, 2.75) is 12.6 Å². The first kappa shape index (κ1) is 20.3. The highest BCUT2D eigenvalue weighted by Gasteiger charge is 2.29. The third-order valence-corrected chi connectivity index (χ3v) is 6.37. The Labute approximate surface area is 178 Å². The highest BCUT2D eigenvalue weighted by molar-refractivity contribution is 7.18. The molecule has 1 N–H and O–H groups in total. The standard InChI is InChI=1S/C22H15F3N2OS2/c23-22(24,25)16-8-6-14(7-9-16)12-17-13-26-21(29-17)27-20(28)19-11-10-18(30-19)15-4-2-1-3-5-15/h1-11,13H,12H2,(H,26,27,28). The van der Waals surface area contributed by atoms with Gasteiger partial charge in [-0.25, -0.2) is 4.98 Å².